The predicted molar refractivity (Wildman–Crippen MR) is 102 cm³/mol. The fraction of sp³-hybridized carbons (Fsp3) is 0.100. The van der Waals surface area contributed by atoms with Gasteiger partial charge in [0.25, 0.3) is 5.91 Å². The zero-order chi connectivity index (χ0) is 17.8. The van der Waals surface area contributed by atoms with Crippen molar-refractivity contribution >= 4 is 23.7 Å². The van der Waals surface area contributed by atoms with Crippen LogP contribution in [0.5, 0.6) is 0 Å². The molecule has 3 aromatic rings. The minimum absolute atomic E-state index is 0.259. The number of aryl methyl sites for hydroxylation is 2. The Balaban J connectivity index is 1.69. The van der Waals surface area contributed by atoms with Gasteiger partial charge in [-0.25, -0.2) is 5.43 Å². The number of nitrogens with zero attached hydrogens (tertiary/aromatic N) is 2. The summed E-state index contributed by atoms with van der Waals surface area (Å²) in [6.07, 6.45) is 1.56. The molecule has 0 radical (unpaired) electrons. The predicted octanol–water partition coefficient (Wildman–Crippen LogP) is 4.51. The molecule has 0 spiro atoms. The third-order valence-corrected chi connectivity index (χ3v) is 4.12. The fourth-order valence-electron chi connectivity index (χ4n) is 2.65. The lowest BCUT2D eigenvalue weighted by molar-refractivity contribution is 0.0955. The van der Waals surface area contributed by atoms with Gasteiger partial charge in [-0.2, -0.15) is 5.10 Å². The standard InChI is InChI=1S/C20H18ClN3O/c1-14-6-7-15(2)24(14)19-10-8-17(9-11-19)20(25)23-22-13-16-4-3-5-18(21)12-16/h3-13H,1-2H3,(H,23,25). The summed E-state index contributed by atoms with van der Waals surface area (Å²) in [5.74, 6) is -0.259. The Morgan fingerprint density at radius 2 is 1.72 bits per heavy atom. The third-order valence-electron chi connectivity index (χ3n) is 3.89. The van der Waals surface area contributed by atoms with Crippen LogP contribution in [0.1, 0.15) is 27.3 Å². The lowest BCUT2D eigenvalue weighted by Crippen LogP contribution is -2.17. The number of amides is 1. The molecule has 1 amide bonds. The maximum Gasteiger partial charge on any atom is 0.271 e. The normalized spacial score (nSPS) is 11.0. The van der Waals surface area contributed by atoms with Gasteiger partial charge >= 0.3 is 0 Å². The van der Waals surface area contributed by atoms with Gasteiger partial charge in [-0.15, -0.1) is 0 Å². The van der Waals surface area contributed by atoms with Gasteiger partial charge in [0.1, 0.15) is 0 Å². The Kier molecular flexibility index (Phi) is 5.00. The topological polar surface area (TPSA) is 46.4 Å². The summed E-state index contributed by atoms with van der Waals surface area (Å²) in [7, 11) is 0. The van der Waals surface area contributed by atoms with E-state index in [0.29, 0.717) is 10.6 Å². The molecular formula is C20H18ClN3O. The molecule has 0 saturated heterocycles. The largest absolute Gasteiger partial charge is 0.319 e. The first-order valence-corrected chi connectivity index (χ1v) is 8.27. The van der Waals surface area contributed by atoms with Crippen LogP contribution in [0.4, 0.5) is 0 Å². The minimum atomic E-state index is -0.259. The maximum absolute atomic E-state index is 12.2. The van der Waals surface area contributed by atoms with Crippen molar-refractivity contribution in [3.05, 3.63) is 88.2 Å². The van der Waals surface area contributed by atoms with Gasteiger partial charge in [0, 0.05) is 27.7 Å². The number of carbonyl (C=O) groups excluding carboxylic acids is 1. The van der Waals surface area contributed by atoms with Crippen molar-refractivity contribution in [3.63, 3.8) is 0 Å². The van der Waals surface area contributed by atoms with Crippen molar-refractivity contribution in [2.45, 2.75) is 13.8 Å². The van der Waals surface area contributed by atoms with E-state index in [1.165, 1.54) is 0 Å². The van der Waals surface area contributed by atoms with E-state index in [1.54, 1.807) is 30.5 Å². The summed E-state index contributed by atoms with van der Waals surface area (Å²) in [5, 5.41) is 4.60. The number of carbonyl (C=O) groups is 1. The SMILES string of the molecule is Cc1ccc(C)n1-c1ccc(C(=O)NN=Cc2cccc(Cl)c2)cc1. The highest BCUT2D eigenvalue weighted by atomic mass is 35.5. The molecule has 0 bridgehead atoms. The maximum atomic E-state index is 12.2. The lowest BCUT2D eigenvalue weighted by atomic mass is 10.2. The highest BCUT2D eigenvalue weighted by Gasteiger charge is 2.07. The average molecular weight is 352 g/mol. The van der Waals surface area contributed by atoms with Crippen molar-refractivity contribution in [1.29, 1.82) is 0 Å². The van der Waals surface area contributed by atoms with E-state index in [2.05, 4.69) is 41.1 Å². The second kappa shape index (κ2) is 7.36. The van der Waals surface area contributed by atoms with Gasteiger partial charge in [-0.3, -0.25) is 4.79 Å². The van der Waals surface area contributed by atoms with E-state index in [1.807, 2.05) is 24.3 Å². The molecule has 1 aromatic heterocycles. The Hall–Kier alpha value is -2.85. The number of rotatable bonds is 4. The van der Waals surface area contributed by atoms with E-state index in [-0.39, 0.29) is 5.91 Å². The minimum Gasteiger partial charge on any atom is -0.319 e. The third kappa shape index (κ3) is 3.98. The molecule has 0 aliphatic carbocycles. The molecule has 0 aliphatic rings. The van der Waals surface area contributed by atoms with Gasteiger partial charge in [-0.05, 0) is 67.9 Å². The average Bonchev–Trinajstić information content (AvgIpc) is 2.94. The Morgan fingerprint density at radius 1 is 1.04 bits per heavy atom. The molecule has 25 heavy (non-hydrogen) atoms. The van der Waals surface area contributed by atoms with Gasteiger partial charge in [0.05, 0.1) is 6.21 Å². The monoisotopic (exact) mass is 351 g/mol. The van der Waals surface area contributed by atoms with E-state index in [0.717, 1.165) is 22.6 Å². The molecule has 0 saturated carbocycles. The number of hydrogen-bond donors (Lipinski definition) is 1. The molecule has 0 atom stereocenters. The van der Waals surface area contributed by atoms with Crippen molar-refractivity contribution < 1.29 is 4.79 Å². The number of hydrazone groups is 1. The van der Waals surface area contributed by atoms with E-state index in [4.69, 9.17) is 11.6 Å². The number of aromatic nitrogens is 1. The first-order valence-electron chi connectivity index (χ1n) is 7.89. The first kappa shape index (κ1) is 17.0. The van der Waals surface area contributed by atoms with Crippen LogP contribution in [0.25, 0.3) is 5.69 Å². The molecule has 0 aliphatic heterocycles. The van der Waals surface area contributed by atoms with E-state index >= 15 is 0 Å². The van der Waals surface area contributed by atoms with Crippen LogP contribution in [-0.2, 0) is 0 Å². The second-order valence-electron chi connectivity index (χ2n) is 5.75. The van der Waals surface area contributed by atoms with Gasteiger partial charge in [-0.1, -0.05) is 23.7 Å². The molecule has 2 aromatic carbocycles. The molecule has 0 unspecified atom stereocenters. The number of nitrogens with one attached hydrogen (secondary N) is 1. The van der Waals surface area contributed by atoms with Crippen LogP contribution >= 0.6 is 11.6 Å². The molecule has 4 nitrogen and oxygen atoms in total. The molecule has 0 fully saturated rings. The van der Waals surface area contributed by atoms with Crippen LogP contribution in [0.3, 0.4) is 0 Å². The molecular weight excluding hydrogens is 334 g/mol. The summed E-state index contributed by atoms with van der Waals surface area (Å²) in [6.45, 7) is 4.11. The number of halogens is 1. The Morgan fingerprint density at radius 3 is 2.36 bits per heavy atom. The lowest BCUT2D eigenvalue weighted by Gasteiger charge is -2.10. The van der Waals surface area contributed by atoms with Crippen LogP contribution in [0.2, 0.25) is 5.02 Å². The highest BCUT2D eigenvalue weighted by Crippen LogP contribution is 2.17. The van der Waals surface area contributed by atoms with Gasteiger partial charge in [0.2, 0.25) is 0 Å². The molecule has 5 heteroatoms. The van der Waals surface area contributed by atoms with E-state index < -0.39 is 0 Å². The zero-order valence-electron chi connectivity index (χ0n) is 14.0. The van der Waals surface area contributed by atoms with Crippen LogP contribution in [0.15, 0.2) is 65.8 Å². The molecule has 126 valence electrons. The Labute approximate surface area is 151 Å². The summed E-state index contributed by atoms with van der Waals surface area (Å²) in [6, 6.07) is 18.8. The highest BCUT2D eigenvalue weighted by molar-refractivity contribution is 6.30. The smallest absolute Gasteiger partial charge is 0.271 e. The number of benzene rings is 2. The summed E-state index contributed by atoms with van der Waals surface area (Å²) in [5.41, 5.74) is 7.23. The van der Waals surface area contributed by atoms with Crippen LogP contribution < -0.4 is 5.43 Å². The quantitative estimate of drug-likeness (QED) is 0.545. The molecule has 1 N–H and O–H groups in total. The fourth-order valence-corrected chi connectivity index (χ4v) is 2.85. The van der Waals surface area contributed by atoms with Crippen molar-refractivity contribution in [2.75, 3.05) is 0 Å². The zero-order valence-corrected chi connectivity index (χ0v) is 14.8. The van der Waals surface area contributed by atoms with Crippen molar-refractivity contribution in [1.82, 2.24) is 9.99 Å². The van der Waals surface area contributed by atoms with Gasteiger partial charge in [0.15, 0.2) is 0 Å². The van der Waals surface area contributed by atoms with Gasteiger partial charge < -0.3 is 4.57 Å². The summed E-state index contributed by atoms with van der Waals surface area (Å²) in [4.78, 5) is 12.2. The van der Waals surface area contributed by atoms with Crippen molar-refractivity contribution in [3.8, 4) is 5.69 Å². The van der Waals surface area contributed by atoms with Crippen LogP contribution in [-0.4, -0.2) is 16.7 Å². The molecule has 1 heterocycles. The second-order valence-corrected chi connectivity index (χ2v) is 6.19. The number of hydrogen-bond acceptors (Lipinski definition) is 2. The summed E-state index contributed by atoms with van der Waals surface area (Å²) >= 11 is 5.91. The van der Waals surface area contributed by atoms with Crippen LogP contribution in [0, 0.1) is 13.8 Å². The summed E-state index contributed by atoms with van der Waals surface area (Å²) < 4.78 is 2.14. The first-order chi connectivity index (χ1) is 12.0. The van der Waals surface area contributed by atoms with Crippen molar-refractivity contribution in [2.24, 2.45) is 5.10 Å². The molecule has 3 rings (SSSR count). The Bertz CT molecular complexity index is 907. The van der Waals surface area contributed by atoms with E-state index in [9.17, 15) is 4.79 Å².